The number of nitrogens with zero attached hydrogens (tertiary/aromatic N) is 1. The number of hydrogen-bond donors (Lipinski definition) is 0. The molecule has 0 unspecified atom stereocenters. The fourth-order valence-electron chi connectivity index (χ4n) is 3.25. The van der Waals surface area contributed by atoms with E-state index in [1.165, 1.54) is 11.4 Å². The lowest BCUT2D eigenvalue weighted by molar-refractivity contribution is -0.105. The van der Waals surface area contributed by atoms with Crippen molar-refractivity contribution in [1.29, 1.82) is 0 Å². The average Bonchev–Trinajstić information content (AvgIpc) is 2.99. The van der Waals surface area contributed by atoms with E-state index in [1.807, 2.05) is 19.1 Å². The number of benzene rings is 2. The molecule has 1 atom stereocenters. The van der Waals surface area contributed by atoms with Crippen LogP contribution in [0, 0.1) is 6.92 Å². The molecule has 1 aliphatic rings. The summed E-state index contributed by atoms with van der Waals surface area (Å²) in [6.45, 7) is 3.86. The molecule has 0 saturated carbocycles. The number of carbonyl (C=O) groups is 1. The van der Waals surface area contributed by atoms with E-state index < -0.39 is 16.1 Å². The Balaban J connectivity index is 2.14. The molecule has 0 aromatic heterocycles. The van der Waals surface area contributed by atoms with Crippen LogP contribution >= 0.6 is 0 Å². The highest BCUT2D eigenvalue weighted by Gasteiger charge is 2.41. The van der Waals surface area contributed by atoms with Crippen molar-refractivity contribution in [2.24, 2.45) is 0 Å². The van der Waals surface area contributed by atoms with Crippen molar-refractivity contribution in [3.63, 3.8) is 0 Å². The van der Waals surface area contributed by atoms with Crippen molar-refractivity contribution in [2.45, 2.75) is 24.8 Å². The lowest BCUT2D eigenvalue weighted by Crippen LogP contribution is -2.33. The molecule has 0 saturated heterocycles. The summed E-state index contributed by atoms with van der Waals surface area (Å²) in [5, 5.41) is 0. The molecular weight excluding hydrogens is 350 g/mol. The summed E-state index contributed by atoms with van der Waals surface area (Å²) in [7, 11) is -2.24. The SMILES string of the molecule is COc1ccccc1[C@@H]1C(C=O)=C(C)CN1S(=O)(=O)c1ccc(C)cc1. The minimum Gasteiger partial charge on any atom is -0.496 e. The van der Waals surface area contributed by atoms with Crippen molar-refractivity contribution in [2.75, 3.05) is 13.7 Å². The van der Waals surface area contributed by atoms with Crippen LogP contribution in [0.2, 0.25) is 0 Å². The van der Waals surface area contributed by atoms with Gasteiger partial charge in [-0.3, -0.25) is 4.79 Å². The van der Waals surface area contributed by atoms with Gasteiger partial charge in [-0.15, -0.1) is 0 Å². The highest BCUT2D eigenvalue weighted by molar-refractivity contribution is 7.89. The number of ether oxygens (including phenoxy) is 1. The number of rotatable bonds is 5. The molecule has 0 aliphatic carbocycles. The largest absolute Gasteiger partial charge is 0.496 e. The Morgan fingerprint density at radius 2 is 1.73 bits per heavy atom. The first-order chi connectivity index (χ1) is 12.4. The van der Waals surface area contributed by atoms with Crippen molar-refractivity contribution >= 4 is 16.3 Å². The second-order valence-electron chi connectivity index (χ2n) is 6.36. The monoisotopic (exact) mass is 371 g/mol. The van der Waals surface area contributed by atoms with Gasteiger partial charge in [-0.05, 0) is 37.6 Å². The molecule has 0 bridgehead atoms. The lowest BCUT2D eigenvalue weighted by Gasteiger charge is -2.27. The number of carbonyl (C=O) groups excluding carboxylic acids is 1. The fourth-order valence-corrected chi connectivity index (χ4v) is 4.87. The topological polar surface area (TPSA) is 63.7 Å². The third-order valence-corrected chi connectivity index (χ3v) is 6.48. The first-order valence-corrected chi connectivity index (χ1v) is 9.70. The van der Waals surface area contributed by atoms with Gasteiger partial charge in [-0.25, -0.2) is 8.42 Å². The minimum atomic E-state index is -3.78. The summed E-state index contributed by atoms with van der Waals surface area (Å²) in [6, 6.07) is 13.2. The molecule has 6 heteroatoms. The predicted molar refractivity (Wildman–Crippen MR) is 99.6 cm³/mol. The van der Waals surface area contributed by atoms with Gasteiger partial charge in [0.25, 0.3) is 0 Å². The number of para-hydroxylation sites is 1. The van der Waals surface area contributed by atoms with Crippen LogP contribution in [0.3, 0.4) is 0 Å². The Morgan fingerprint density at radius 3 is 2.35 bits per heavy atom. The first-order valence-electron chi connectivity index (χ1n) is 8.26. The van der Waals surface area contributed by atoms with Crippen LogP contribution in [0.1, 0.15) is 24.1 Å². The molecule has 136 valence electrons. The quantitative estimate of drug-likeness (QED) is 0.757. The summed E-state index contributed by atoms with van der Waals surface area (Å²) >= 11 is 0. The molecule has 26 heavy (non-hydrogen) atoms. The van der Waals surface area contributed by atoms with Crippen LogP contribution in [0.25, 0.3) is 0 Å². The molecule has 2 aromatic carbocycles. The van der Waals surface area contributed by atoms with Crippen LogP contribution in [0.4, 0.5) is 0 Å². The van der Waals surface area contributed by atoms with Crippen molar-refractivity contribution in [1.82, 2.24) is 4.31 Å². The van der Waals surface area contributed by atoms with Crippen LogP contribution in [0.15, 0.2) is 64.6 Å². The van der Waals surface area contributed by atoms with Gasteiger partial charge >= 0.3 is 0 Å². The average molecular weight is 371 g/mol. The van der Waals surface area contributed by atoms with Crippen molar-refractivity contribution < 1.29 is 17.9 Å². The van der Waals surface area contributed by atoms with E-state index in [-0.39, 0.29) is 11.4 Å². The van der Waals surface area contributed by atoms with E-state index in [1.54, 1.807) is 43.3 Å². The molecular formula is C20H21NO4S. The van der Waals surface area contributed by atoms with Crippen molar-refractivity contribution in [3.05, 3.63) is 70.8 Å². The van der Waals surface area contributed by atoms with Crippen LogP contribution in [-0.4, -0.2) is 32.7 Å². The molecule has 3 rings (SSSR count). The Labute approximate surface area is 154 Å². The van der Waals surface area contributed by atoms with Crippen LogP contribution < -0.4 is 4.74 Å². The van der Waals surface area contributed by atoms with Crippen LogP contribution in [-0.2, 0) is 14.8 Å². The maximum absolute atomic E-state index is 13.3. The molecule has 0 fully saturated rings. The Kier molecular flexibility index (Phi) is 4.98. The Hall–Kier alpha value is -2.44. The lowest BCUT2D eigenvalue weighted by atomic mass is 9.99. The summed E-state index contributed by atoms with van der Waals surface area (Å²) in [4.78, 5) is 11.9. The van der Waals surface area contributed by atoms with E-state index in [0.717, 1.165) is 17.4 Å². The third-order valence-electron chi connectivity index (χ3n) is 4.66. The van der Waals surface area contributed by atoms with Gasteiger partial charge in [0.1, 0.15) is 12.0 Å². The molecule has 1 heterocycles. The zero-order valence-electron chi connectivity index (χ0n) is 15.0. The maximum Gasteiger partial charge on any atom is 0.244 e. The van der Waals surface area contributed by atoms with Gasteiger partial charge in [0.15, 0.2) is 0 Å². The number of aryl methyl sites for hydroxylation is 1. The Bertz CT molecular complexity index is 962. The van der Waals surface area contributed by atoms with E-state index in [9.17, 15) is 13.2 Å². The van der Waals surface area contributed by atoms with E-state index in [2.05, 4.69) is 0 Å². The second kappa shape index (κ2) is 7.05. The van der Waals surface area contributed by atoms with Gasteiger partial charge in [-0.2, -0.15) is 4.31 Å². The number of sulfonamides is 1. The van der Waals surface area contributed by atoms with Crippen LogP contribution in [0.5, 0.6) is 5.75 Å². The second-order valence-corrected chi connectivity index (χ2v) is 8.25. The molecule has 1 aliphatic heterocycles. The zero-order valence-corrected chi connectivity index (χ0v) is 15.8. The molecule has 0 amide bonds. The highest BCUT2D eigenvalue weighted by atomic mass is 32.2. The number of methoxy groups -OCH3 is 1. The van der Waals surface area contributed by atoms with Gasteiger partial charge < -0.3 is 4.74 Å². The third kappa shape index (κ3) is 3.06. The van der Waals surface area contributed by atoms with Gasteiger partial charge in [0.2, 0.25) is 10.0 Å². The number of hydrogen-bond acceptors (Lipinski definition) is 4. The van der Waals surface area contributed by atoms with Gasteiger partial charge in [0, 0.05) is 17.7 Å². The minimum absolute atomic E-state index is 0.174. The molecule has 0 radical (unpaired) electrons. The van der Waals surface area contributed by atoms with Gasteiger partial charge in [-0.1, -0.05) is 35.9 Å². The standard InChI is InChI=1S/C20H21NO4S/c1-14-8-10-16(11-9-14)26(23,24)21-12-15(2)18(13-22)20(21)17-6-4-5-7-19(17)25-3/h4-11,13,20H,12H2,1-3H3/t20-/m1/s1. The fraction of sp³-hybridized carbons (Fsp3) is 0.250. The van der Waals surface area contributed by atoms with E-state index in [0.29, 0.717) is 16.9 Å². The molecule has 0 spiro atoms. The molecule has 2 aromatic rings. The van der Waals surface area contributed by atoms with Gasteiger partial charge in [0.05, 0.1) is 18.0 Å². The van der Waals surface area contributed by atoms with E-state index in [4.69, 9.17) is 4.74 Å². The Morgan fingerprint density at radius 1 is 1.08 bits per heavy atom. The highest BCUT2D eigenvalue weighted by Crippen LogP contribution is 2.42. The molecule has 5 nitrogen and oxygen atoms in total. The first kappa shape index (κ1) is 18.4. The smallest absolute Gasteiger partial charge is 0.244 e. The summed E-state index contributed by atoms with van der Waals surface area (Å²) in [5.74, 6) is 0.552. The zero-order chi connectivity index (χ0) is 18.9. The maximum atomic E-state index is 13.3. The summed E-state index contributed by atoms with van der Waals surface area (Å²) in [5.41, 5.74) is 2.84. The van der Waals surface area contributed by atoms with Crippen molar-refractivity contribution in [3.8, 4) is 5.75 Å². The molecule has 0 N–H and O–H groups in total. The normalized spacial score (nSPS) is 18.2. The van der Waals surface area contributed by atoms with E-state index >= 15 is 0 Å². The number of aldehydes is 1. The predicted octanol–water partition coefficient (Wildman–Crippen LogP) is 3.26. The summed E-state index contributed by atoms with van der Waals surface area (Å²) in [6.07, 6.45) is 0.747. The summed E-state index contributed by atoms with van der Waals surface area (Å²) < 4.78 is 33.3.